The molecule has 0 aliphatic heterocycles. The number of aromatic nitrogens is 2. The molecule has 1 heterocycles. The Bertz CT molecular complexity index is 605. The maximum Gasteiger partial charge on any atom is 0.228 e. The van der Waals surface area contributed by atoms with E-state index in [9.17, 15) is 4.79 Å². The zero-order valence-corrected chi connectivity index (χ0v) is 11.2. The van der Waals surface area contributed by atoms with Crippen molar-refractivity contribution in [3.05, 3.63) is 40.0 Å². The first-order valence-corrected chi connectivity index (χ1v) is 5.83. The molecule has 4 nitrogen and oxygen atoms in total. The van der Waals surface area contributed by atoms with Gasteiger partial charge in [0, 0.05) is 12.1 Å². The quantitative estimate of drug-likeness (QED) is 0.799. The topological polar surface area (TPSA) is 44.1 Å². The average Bonchev–Trinajstić information content (AvgIpc) is 2.57. The zero-order chi connectivity index (χ0) is 13.3. The second-order valence-corrected chi connectivity index (χ2v) is 4.49. The highest BCUT2D eigenvalue weighted by atomic mass is 35.5. The van der Waals surface area contributed by atoms with Gasteiger partial charge in [-0.3, -0.25) is 4.79 Å². The van der Waals surface area contributed by atoms with E-state index in [1.807, 2.05) is 6.92 Å². The fourth-order valence-electron chi connectivity index (χ4n) is 1.74. The number of benzene rings is 1. The van der Waals surface area contributed by atoms with Crippen LogP contribution in [0.25, 0.3) is 0 Å². The number of rotatable bonds is 3. The van der Waals surface area contributed by atoms with Crippen molar-refractivity contribution >= 4 is 17.9 Å². The van der Waals surface area contributed by atoms with Crippen LogP contribution in [0, 0.1) is 13.8 Å². The number of nitrogens with zero attached hydrogens (tertiary/aromatic N) is 2. The number of carbonyl (C=O) groups is 1. The Kier molecular flexibility index (Phi) is 3.39. The lowest BCUT2D eigenvalue weighted by Crippen LogP contribution is -1.97. The summed E-state index contributed by atoms with van der Waals surface area (Å²) >= 11 is 5.88. The molecule has 0 fully saturated rings. The van der Waals surface area contributed by atoms with Crippen LogP contribution in [-0.2, 0) is 7.05 Å². The Morgan fingerprint density at radius 2 is 2.11 bits per heavy atom. The molecule has 0 spiro atoms. The van der Waals surface area contributed by atoms with E-state index in [1.54, 1.807) is 36.9 Å². The predicted octanol–water partition coefficient (Wildman–Crippen LogP) is 3.30. The number of hydrogen-bond donors (Lipinski definition) is 0. The lowest BCUT2D eigenvalue weighted by atomic mass is 10.2. The van der Waals surface area contributed by atoms with Gasteiger partial charge in [-0.15, -0.1) is 0 Å². The molecule has 2 aromatic rings. The van der Waals surface area contributed by atoms with Crippen molar-refractivity contribution in [1.29, 1.82) is 0 Å². The highest BCUT2D eigenvalue weighted by Gasteiger charge is 2.15. The Labute approximate surface area is 110 Å². The molecule has 0 saturated carbocycles. The highest BCUT2D eigenvalue weighted by molar-refractivity contribution is 6.30. The number of hydrogen-bond acceptors (Lipinski definition) is 3. The second kappa shape index (κ2) is 4.82. The molecule has 0 amide bonds. The van der Waals surface area contributed by atoms with Crippen LogP contribution in [0.1, 0.15) is 21.6 Å². The van der Waals surface area contributed by atoms with E-state index in [0.29, 0.717) is 27.9 Å². The molecule has 0 atom stereocenters. The first-order chi connectivity index (χ1) is 8.52. The molecule has 1 aromatic heterocycles. The summed E-state index contributed by atoms with van der Waals surface area (Å²) < 4.78 is 7.30. The van der Waals surface area contributed by atoms with Gasteiger partial charge in [-0.1, -0.05) is 11.6 Å². The van der Waals surface area contributed by atoms with Crippen molar-refractivity contribution in [2.45, 2.75) is 13.8 Å². The molecule has 0 aliphatic carbocycles. The van der Waals surface area contributed by atoms with Gasteiger partial charge in [-0.2, -0.15) is 5.10 Å². The Hall–Kier alpha value is -1.81. The first kappa shape index (κ1) is 12.6. The number of carbonyl (C=O) groups excluding carboxylic acids is 1. The standard InChI is InChI=1S/C13H13ClN2O2/c1-8-6-10(14)4-5-12(8)18-13-11(7-17)9(2)15-16(13)3/h4-7H,1-3H3. The van der Waals surface area contributed by atoms with Gasteiger partial charge in [0.05, 0.1) is 11.3 Å². The lowest BCUT2D eigenvalue weighted by Gasteiger charge is -2.09. The van der Waals surface area contributed by atoms with Gasteiger partial charge in [-0.05, 0) is 37.6 Å². The molecule has 0 radical (unpaired) electrons. The van der Waals surface area contributed by atoms with Crippen molar-refractivity contribution in [1.82, 2.24) is 9.78 Å². The minimum absolute atomic E-state index is 0.438. The van der Waals surface area contributed by atoms with Crippen LogP contribution in [0.4, 0.5) is 0 Å². The number of aldehydes is 1. The summed E-state index contributed by atoms with van der Waals surface area (Å²) in [5.74, 6) is 1.10. The van der Waals surface area contributed by atoms with Crippen LogP contribution in [0.5, 0.6) is 11.6 Å². The summed E-state index contributed by atoms with van der Waals surface area (Å²) in [6.45, 7) is 3.66. The van der Waals surface area contributed by atoms with E-state index in [1.165, 1.54) is 0 Å². The maximum atomic E-state index is 11.0. The Morgan fingerprint density at radius 3 is 2.72 bits per heavy atom. The molecular formula is C13H13ClN2O2. The third-order valence-corrected chi connectivity index (χ3v) is 2.91. The monoisotopic (exact) mass is 264 g/mol. The van der Waals surface area contributed by atoms with E-state index in [4.69, 9.17) is 16.3 Å². The number of ether oxygens (including phenoxy) is 1. The molecule has 2 rings (SSSR count). The van der Waals surface area contributed by atoms with E-state index < -0.39 is 0 Å². The van der Waals surface area contributed by atoms with E-state index >= 15 is 0 Å². The number of halogens is 1. The summed E-state index contributed by atoms with van der Waals surface area (Å²) in [7, 11) is 1.74. The molecule has 5 heteroatoms. The molecule has 0 bridgehead atoms. The van der Waals surface area contributed by atoms with Crippen molar-refractivity contribution in [3.63, 3.8) is 0 Å². The highest BCUT2D eigenvalue weighted by Crippen LogP contribution is 2.29. The normalized spacial score (nSPS) is 10.4. The summed E-state index contributed by atoms with van der Waals surface area (Å²) in [6, 6.07) is 5.32. The fraction of sp³-hybridized carbons (Fsp3) is 0.231. The van der Waals surface area contributed by atoms with Crippen LogP contribution in [-0.4, -0.2) is 16.1 Å². The van der Waals surface area contributed by atoms with Crippen LogP contribution in [0.15, 0.2) is 18.2 Å². The molecule has 1 aromatic carbocycles. The van der Waals surface area contributed by atoms with Crippen molar-refractivity contribution in [3.8, 4) is 11.6 Å². The van der Waals surface area contributed by atoms with Gasteiger partial charge in [0.15, 0.2) is 6.29 Å². The van der Waals surface area contributed by atoms with Gasteiger partial charge in [0.2, 0.25) is 5.88 Å². The summed E-state index contributed by atoms with van der Waals surface area (Å²) in [5, 5.41) is 4.81. The van der Waals surface area contributed by atoms with Crippen molar-refractivity contribution < 1.29 is 9.53 Å². The molecule has 0 unspecified atom stereocenters. The SMILES string of the molecule is Cc1cc(Cl)ccc1Oc1c(C=O)c(C)nn1C. The van der Waals surface area contributed by atoms with Gasteiger partial charge >= 0.3 is 0 Å². The van der Waals surface area contributed by atoms with E-state index in [-0.39, 0.29) is 0 Å². The first-order valence-electron chi connectivity index (χ1n) is 5.45. The van der Waals surface area contributed by atoms with Crippen LogP contribution < -0.4 is 4.74 Å². The van der Waals surface area contributed by atoms with Crippen molar-refractivity contribution in [2.75, 3.05) is 0 Å². The maximum absolute atomic E-state index is 11.0. The van der Waals surface area contributed by atoms with Crippen LogP contribution in [0.3, 0.4) is 0 Å². The predicted molar refractivity (Wildman–Crippen MR) is 69.6 cm³/mol. The Balaban J connectivity index is 2.42. The smallest absolute Gasteiger partial charge is 0.228 e. The Morgan fingerprint density at radius 1 is 1.39 bits per heavy atom. The zero-order valence-electron chi connectivity index (χ0n) is 10.4. The molecule has 18 heavy (non-hydrogen) atoms. The van der Waals surface area contributed by atoms with Gasteiger partial charge in [0.1, 0.15) is 5.75 Å². The van der Waals surface area contributed by atoms with E-state index in [0.717, 1.165) is 11.8 Å². The molecule has 0 N–H and O–H groups in total. The fourth-order valence-corrected chi connectivity index (χ4v) is 1.97. The lowest BCUT2D eigenvalue weighted by molar-refractivity contribution is 0.112. The van der Waals surface area contributed by atoms with Gasteiger partial charge in [-0.25, -0.2) is 4.68 Å². The number of aryl methyl sites for hydroxylation is 3. The summed E-state index contributed by atoms with van der Waals surface area (Å²) in [4.78, 5) is 11.0. The minimum atomic E-state index is 0.438. The second-order valence-electron chi connectivity index (χ2n) is 4.06. The largest absolute Gasteiger partial charge is 0.438 e. The van der Waals surface area contributed by atoms with E-state index in [2.05, 4.69) is 5.10 Å². The molecule has 0 aliphatic rings. The molecule has 94 valence electrons. The third kappa shape index (κ3) is 2.24. The summed E-state index contributed by atoms with van der Waals surface area (Å²) in [6.07, 6.45) is 0.753. The minimum Gasteiger partial charge on any atom is -0.438 e. The van der Waals surface area contributed by atoms with Crippen LogP contribution >= 0.6 is 11.6 Å². The molecular weight excluding hydrogens is 252 g/mol. The molecule has 0 saturated heterocycles. The van der Waals surface area contributed by atoms with Gasteiger partial charge in [0.25, 0.3) is 0 Å². The van der Waals surface area contributed by atoms with Crippen molar-refractivity contribution in [2.24, 2.45) is 7.05 Å². The van der Waals surface area contributed by atoms with Crippen LogP contribution in [0.2, 0.25) is 5.02 Å². The summed E-state index contributed by atoms with van der Waals surface area (Å²) in [5.41, 5.74) is 2.01. The third-order valence-electron chi connectivity index (χ3n) is 2.68. The average molecular weight is 265 g/mol. The van der Waals surface area contributed by atoms with Gasteiger partial charge < -0.3 is 4.74 Å².